The zero-order chi connectivity index (χ0) is 18.4. The Balaban J connectivity index is 1.67. The minimum absolute atomic E-state index is 0.259. The fourth-order valence-corrected chi connectivity index (χ4v) is 3.53. The van der Waals surface area contributed by atoms with Crippen LogP contribution in [0.15, 0.2) is 34.9 Å². The lowest BCUT2D eigenvalue weighted by Gasteiger charge is -2.26. The van der Waals surface area contributed by atoms with Gasteiger partial charge in [-0.15, -0.1) is 0 Å². The first-order chi connectivity index (χ1) is 12.8. The average molecular weight is 360 g/mol. The molecule has 6 heteroatoms. The summed E-state index contributed by atoms with van der Waals surface area (Å²) < 4.78 is 21.9. The molecule has 0 amide bonds. The van der Waals surface area contributed by atoms with Gasteiger partial charge in [0.2, 0.25) is 5.75 Å². The van der Waals surface area contributed by atoms with E-state index in [0.717, 1.165) is 31.0 Å². The molecule has 1 aromatic heterocycles. The number of ether oxygens (including phenoxy) is 3. The Morgan fingerprint density at radius 1 is 1.08 bits per heavy atom. The second-order valence-corrected chi connectivity index (χ2v) is 6.44. The summed E-state index contributed by atoms with van der Waals surface area (Å²) in [6, 6.07) is 8.23. The minimum Gasteiger partial charge on any atom is -0.493 e. The SMILES string of the molecule is COc1cc(CNCC(c2ccco2)N2CCCC2)cc(OC)c1OC. The van der Waals surface area contributed by atoms with Gasteiger partial charge < -0.3 is 23.9 Å². The third-order valence-electron chi connectivity index (χ3n) is 4.84. The molecule has 0 bridgehead atoms. The van der Waals surface area contributed by atoms with E-state index in [9.17, 15) is 0 Å². The van der Waals surface area contributed by atoms with Crippen LogP contribution in [0.5, 0.6) is 17.2 Å². The summed E-state index contributed by atoms with van der Waals surface area (Å²) in [7, 11) is 4.88. The number of nitrogens with zero attached hydrogens (tertiary/aromatic N) is 1. The molecular weight excluding hydrogens is 332 g/mol. The number of rotatable bonds is 9. The molecule has 1 atom stereocenters. The van der Waals surface area contributed by atoms with Gasteiger partial charge in [0.15, 0.2) is 11.5 Å². The van der Waals surface area contributed by atoms with Crippen LogP contribution in [0.3, 0.4) is 0 Å². The number of hydrogen-bond donors (Lipinski definition) is 1. The molecule has 0 saturated carbocycles. The van der Waals surface area contributed by atoms with Crippen LogP contribution in [0.1, 0.15) is 30.2 Å². The molecule has 2 aromatic rings. The van der Waals surface area contributed by atoms with Crippen molar-refractivity contribution in [3.8, 4) is 17.2 Å². The van der Waals surface area contributed by atoms with Crippen LogP contribution in [0.2, 0.25) is 0 Å². The molecule has 0 radical (unpaired) electrons. The van der Waals surface area contributed by atoms with Gasteiger partial charge in [-0.2, -0.15) is 0 Å². The quantitative estimate of drug-likeness (QED) is 0.741. The van der Waals surface area contributed by atoms with Gasteiger partial charge >= 0.3 is 0 Å². The molecule has 1 aliphatic rings. The Bertz CT molecular complexity index is 656. The number of methoxy groups -OCH3 is 3. The normalized spacial score (nSPS) is 15.8. The summed E-state index contributed by atoms with van der Waals surface area (Å²) in [6.07, 6.45) is 4.26. The molecule has 26 heavy (non-hydrogen) atoms. The van der Waals surface area contributed by atoms with Gasteiger partial charge in [0.1, 0.15) is 5.76 Å². The summed E-state index contributed by atoms with van der Waals surface area (Å²) in [5.74, 6) is 2.98. The Labute approximate surface area is 155 Å². The molecular formula is C20H28N2O4. The zero-order valence-corrected chi connectivity index (χ0v) is 15.8. The average Bonchev–Trinajstić information content (AvgIpc) is 3.38. The van der Waals surface area contributed by atoms with Crippen LogP contribution in [-0.2, 0) is 6.54 Å². The molecule has 3 rings (SSSR count). The van der Waals surface area contributed by atoms with Crippen LogP contribution < -0.4 is 19.5 Å². The van der Waals surface area contributed by atoms with Crippen LogP contribution >= 0.6 is 0 Å². The van der Waals surface area contributed by atoms with E-state index in [-0.39, 0.29) is 6.04 Å². The zero-order valence-electron chi connectivity index (χ0n) is 15.8. The second-order valence-electron chi connectivity index (χ2n) is 6.44. The van der Waals surface area contributed by atoms with Crippen LogP contribution in [-0.4, -0.2) is 45.9 Å². The Kier molecular flexibility index (Phi) is 6.41. The first kappa shape index (κ1) is 18.6. The highest BCUT2D eigenvalue weighted by Crippen LogP contribution is 2.38. The Hall–Kier alpha value is -2.18. The molecule has 1 unspecified atom stereocenters. The number of benzene rings is 1. The third-order valence-corrected chi connectivity index (χ3v) is 4.84. The molecule has 1 aromatic carbocycles. The number of likely N-dealkylation sites (tertiary alicyclic amines) is 1. The van der Waals surface area contributed by atoms with Crippen molar-refractivity contribution in [2.75, 3.05) is 41.0 Å². The molecule has 1 saturated heterocycles. The van der Waals surface area contributed by atoms with Gasteiger partial charge in [0.25, 0.3) is 0 Å². The molecule has 142 valence electrons. The predicted molar refractivity (Wildman–Crippen MR) is 100 cm³/mol. The smallest absolute Gasteiger partial charge is 0.203 e. The monoisotopic (exact) mass is 360 g/mol. The summed E-state index contributed by atoms with van der Waals surface area (Å²) in [4.78, 5) is 2.49. The predicted octanol–water partition coefficient (Wildman–Crippen LogP) is 3.23. The van der Waals surface area contributed by atoms with Gasteiger partial charge in [0, 0.05) is 13.1 Å². The topological polar surface area (TPSA) is 56.1 Å². The van der Waals surface area contributed by atoms with Gasteiger partial charge in [-0.1, -0.05) is 0 Å². The van der Waals surface area contributed by atoms with Crippen molar-refractivity contribution in [2.45, 2.75) is 25.4 Å². The lowest BCUT2D eigenvalue weighted by molar-refractivity contribution is 0.209. The molecule has 1 fully saturated rings. The standard InChI is InChI=1S/C20H28N2O4/c1-23-18-11-15(12-19(24-2)20(18)25-3)13-21-14-16(17-7-6-10-26-17)22-8-4-5-9-22/h6-7,10-12,16,21H,4-5,8-9,13-14H2,1-3H3. The lowest BCUT2D eigenvalue weighted by Crippen LogP contribution is -2.33. The van der Waals surface area contributed by atoms with E-state index in [1.54, 1.807) is 27.6 Å². The molecule has 0 aliphatic carbocycles. The van der Waals surface area contributed by atoms with Gasteiger partial charge in [-0.25, -0.2) is 0 Å². The highest BCUT2D eigenvalue weighted by molar-refractivity contribution is 5.53. The molecule has 1 aliphatic heterocycles. The van der Waals surface area contributed by atoms with E-state index in [0.29, 0.717) is 23.8 Å². The number of hydrogen-bond acceptors (Lipinski definition) is 6. The summed E-state index contributed by atoms with van der Waals surface area (Å²) in [6.45, 7) is 3.78. The fourth-order valence-electron chi connectivity index (χ4n) is 3.53. The van der Waals surface area contributed by atoms with E-state index in [1.807, 2.05) is 18.2 Å². The van der Waals surface area contributed by atoms with Crippen molar-refractivity contribution in [1.82, 2.24) is 10.2 Å². The summed E-state index contributed by atoms with van der Waals surface area (Å²) in [5, 5.41) is 3.55. The number of nitrogens with one attached hydrogen (secondary N) is 1. The maximum atomic E-state index is 5.68. The van der Waals surface area contributed by atoms with Crippen LogP contribution in [0.25, 0.3) is 0 Å². The maximum Gasteiger partial charge on any atom is 0.203 e. The van der Waals surface area contributed by atoms with Crippen molar-refractivity contribution >= 4 is 0 Å². The third kappa shape index (κ3) is 4.14. The first-order valence-electron chi connectivity index (χ1n) is 9.04. The Morgan fingerprint density at radius 3 is 2.31 bits per heavy atom. The van der Waals surface area contributed by atoms with E-state index in [4.69, 9.17) is 18.6 Å². The minimum atomic E-state index is 0.259. The van der Waals surface area contributed by atoms with Crippen molar-refractivity contribution < 1.29 is 18.6 Å². The molecule has 6 nitrogen and oxygen atoms in total. The summed E-state index contributed by atoms with van der Waals surface area (Å²) >= 11 is 0. The largest absolute Gasteiger partial charge is 0.493 e. The van der Waals surface area contributed by atoms with Crippen LogP contribution in [0, 0.1) is 0 Å². The van der Waals surface area contributed by atoms with Gasteiger partial charge in [-0.3, -0.25) is 4.90 Å². The first-order valence-corrected chi connectivity index (χ1v) is 9.04. The van der Waals surface area contributed by atoms with E-state index < -0.39 is 0 Å². The van der Waals surface area contributed by atoms with Crippen molar-refractivity contribution in [1.29, 1.82) is 0 Å². The van der Waals surface area contributed by atoms with Gasteiger partial charge in [0.05, 0.1) is 33.6 Å². The fraction of sp³-hybridized carbons (Fsp3) is 0.500. The molecule has 0 spiro atoms. The molecule has 1 N–H and O–H groups in total. The highest BCUT2D eigenvalue weighted by atomic mass is 16.5. The highest BCUT2D eigenvalue weighted by Gasteiger charge is 2.25. The Morgan fingerprint density at radius 2 is 1.77 bits per heavy atom. The van der Waals surface area contributed by atoms with E-state index in [1.165, 1.54) is 12.8 Å². The van der Waals surface area contributed by atoms with E-state index in [2.05, 4.69) is 16.3 Å². The lowest BCUT2D eigenvalue weighted by atomic mass is 10.1. The van der Waals surface area contributed by atoms with Crippen molar-refractivity contribution in [2.24, 2.45) is 0 Å². The van der Waals surface area contributed by atoms with Crippen LogP contribution in [0.4, 0.5) is 0 Å². The van der Waals surface area contributed by atoms with Crippen molar-refractivity contribution in [3.05, 3.63) is 41.9 Å². The summed E-state index contributed by atoms with van der Waals surface area (Å²) in [5.41, 5.74) is 1.08. The van der Waals surface area contributed by atoms with E-state index >= 15 is 0 Å². The second kappa shape index (κ2) is 8.96. The van der Waals surface area contributed by atoms with Gasteiger partial charge in [-0.05, 0) is 55.8 Å². The molecule has 2 heterocycles. The van der Waals surface area contributed by atoms with Crippen molar-refractivity contribution in [3.63, 3.8) is 0 Å². The maximum absolute atomic E-state index is 5.68. The number of furan rings is 1.